The van der Waals surface area contributed by atoms with Crippen LogP contribution < -0.4 is 5.32 Å². The van der Waals surface area contributed by atoms with Gasteiger partial charge in [0.25, 0.3) is 0 Å². The number of sulfonamides is 1. The molecule has 10 heteroatoms. The van der Waals surface area contributed by atoms with E-state index in [4.69, 9.17) is 4.52 Å². The van der Waals surface area contributed by atoms with Gasteiger partial charge >= 0.3 is 0 Å². The number of carbonyl (C=O) groups excluding carboxylic acids is 1. The Bertz CT molecular complexity index is 1230. The van der Waals surface area contributed by atoms with E-state index in [1.807, 2.05) is 38.1 Å². The van der Waals surface area contributed by atoms with E-state index in [0.717, 1.165) is 11.3 Å². The number of nitrogens with one attached hydrogen (secondary N) is 1. The highest BCUT2D eigenvalue weighted by Gasteiger charge is 2.35. The van der Waals surface area contributed by atoms with Crippen LogP contribution in [0.25, 0.3) is 10.7 Å². The zero-order valence-corrected chi connectivity index (χ0v) is 19.9. The predicted molar refractivity (Wildman–Crippen MR) is 123 cm³/mol. The largest absolute Gasteiger partial charge is 0.339 e. The lowest BCUT2D eigenvalue weighted by molar-refractivity contribution is -0.120. The topological polar surface area (TPSA) is 105 Å². The molecule has 4 rings (SSSR count). The summed E-state index contributed by atoms with van der Waals surface area (Å²) in [5, 5.41) is 6.87. The van der Waals surface area contributed by atoms with Gasteiger partial charge in [0.05, 0.1) is 15.7 Å². The van der Waals surface area contributed by atoms with Gasteiger partial charge in [-0.25, -0.2) is 8.42 Å². The van der Waals surface area contributed by atoms with Crippen molar-refractivity contribution in [2.24, 2.45) is 5.92 Å². The Morgan fingerprint density at radius 1 is 1.31 bits per heavy atom. The van der Waals surface area contributed by atoms with Gasteiger partial charge in [-0.05, 0) is 50.5 Å². The van der Waals surface area contributed by atoms with Crippen molar-refractivity contribution < 1.29 is 17.7 Å². The molecule has 1 amide bonds. The average Bonchev–Trinajstić information content (AvgIpc) is 3.40. The Labute approximate surface area is 191 Å². The summed E-state index contributed by atoms with van der Waals surface area (Å²) in [7, 11) is -3.75. The quantitative estimate of drug-likeness (QED) is 0.579. The molecule has 2 aromatic heterocycles. The standard InChI is InChI=1S/C22H26N4O4S2/c1-4-20-24-21(25-30-20)18-12-19(15(3)31-18)32(28,29)26-10-6-8-16(13-26)22(27)23-17-9-5-7-14(2)11-17/h5,7,9,11-12,16H,4,6,8,10,13H2,1-3H3,(H,23,27)/t16-/m0/s1. The summed E-state index contributed by atoms with van der Waals surface area (Å²) < 4.78 is 33.4. The maximum Gasteiger partial charge on any atom is 0.244 e. The number of rotatable bonds is 6. The summed E-state index contributed by atoms with van der Waals surface area (Å²) in [4.78, 5) is 18.7. The second-order valence-electron chi connectivity index (χ2n) is 7.96. The fourth-order valence-electron chi connectivity index (χ4n) is 3.81. The molecule has 170 valence electrons. The van der Waals surface area contributed by atoms with Gasteiger partial charge in [-0.1, -0.05) is 24.2 Å². The van der Waals surface area contributed by atoms with Crippen molar-refractivity contribution in [1.82, 2.24) is 14.4 Å². The number of aromatic nitrogens is 2. The first-order valence-corrected chi connectivity index (χ1v) is 12.8. The molecule has 0 radical (unpaired) electrons. The van der Waals surface area contributed by atoms with Crippen molar-refractivity contribution in [2.75, 3.05) is 18.4 Å². The zero-order chi connectivity index (χ0) is 22.9. The second kappa shape index (κ2) is 9.13. The highest BCUT2D eigenvalue weighted by atomic mass is 32.2. The number of hydrogen-bond donors (Lipinski definition) is 1. The molecule has 1 aliphatic heterocycles. The van der Waals surface area contributed by atoms with E-state index < -0.39 is 15.9 Å². The van der Waals surface area contributed by atoms with Crippen LogP contribution in [0, 0.1) is 19.8 Å². The predicted octanol–water partition coefficient (Wildman–Crippen LogP) is 4.02. The number of anilines is 1. The van der Waals surface area contributed by atoms with Crippen LogP contribution >= 0.6 is 11.3 Å². The molecule has 3 heterocycles. The van der Waals surface area contributed by atoms with Gasteiger partial charge in [0.15, 0.2) is 0 Å². The molecule has 1 aromatic carbocycles. The summed E-state index contributed by atoms with van der Waals surface area (Å²) in [5.41, 5.74) is 1.77. The van der Waals surface area contributed by atoms with Gasteiger partial charge in [0.1, 0.15) is 0 Å². The molecule has 8 nitrogen and oxygen atoms in total. The van der Waals surface area contributed by atoms with E-state index in [1.54, 1.807) is 13.0 Å². The third kappa shape index (κ3) is 4.62. The maximum atomic E-state index is 13.4. The van der Waals surface area contributed by atoms with E-state index in [1.165, 1.54) is 15.6 Å². The van der Waals surface area contributed by atoms with Gasteiger partial charge in [-0.2, -0.15) is 9.29 Å². The minimum atomic E-state index is -3.75. The smallest absolute Gasteiger partial charge is 0.244 e. The first-order chi connectivity index (χ1) is 15.3. The summed E-state index contributed by atoms with van der Waals surface area (Å²) in [6.45, 7) is 6.19. The van der Waals surface area contributed by atoms with Crippen LogP contribution in [0.4, 0.5) is 5.69 Å². The molecule has 1 N–H and O–H groups in total. The van der Waals surface area contributed by atoms with Crippen molar-refractivity contribution in [3.05, 3.63) is 46.7 Å². The fourth-order valence-corrected chi connectivity index (χ4v) is 6.82. The third-order valence-corrected chi connectivity index (χ3v) is 8.69. The molecule has 0 saturated carbocycles. The van der Waals surface area contributed by atoms with Crippen molar-refractivity contribution in [3.63, 3.8) is 0 Å². The minimum Gasteiger partial charge on any atom is -0.339 e. The van der Waals surface area contributed by atoms with Crippen molar-refractivity contribution in [1.29, 1.82) is 0 Å². The summed E-state index contributed by atoms with van der Waals surface area (Å²) in [6.07, 6.45) is 1.90. The molecule has 1 fully saturated rings. The lowest BCUT2D eigenvalue weighted by atomic mass is 9.98. The monoisotopic (exact) mass is 474 g/mol. The van der Waals surface area contributed by atoms with Crippen LogP contribution in [-0.4, -0.2) is 41.9 Å². The number of carbonyl (C=O) groups is 1. The van der Waals surface area contributed by atoms with Crippen molar-refractivity contribution in [3.8, 4) is 10.7 Å². The number of benzene rings is 1. The third-order valence-electron chi connectivity index (χ3n) is 5.52. The maximum absolute atomic E-state index is 13.4. The number of hydrogen-bond acceptors (Lipinski definition) is 7. The molecular formula is C22H26N4O4S2. The first-order valence-electron chi connectivity index (χ1n) is 10.6. The van der Waals surface area contributed by atoms with Crippen molar-refractivity contribution >= 4 is 33.0 Å². The molecule has 0 aliphatic carbocycles. The Balaban J connectivity index is 1.52. The van der Waals surface area contributed by atoms with Crippen molar-refractivity contribution in [2.45, 2.75) is 44.9 Å². The Morgan fingerprint density at radius 3 is 2.84 bits per heavy atom. The number of amides is 1. The van der Waals surface area contributed by atoms with Crippen LogP contribution in [0.3, 0.4) is 0 Å². The number of nitrogens with zero attached hydrogens (tertiary/aromatic N) is 3. The fraction of sp³-hybridized carbons (Fsp3) is 0.409. The van der Waals surface area contributed by atoms with Crippen LogP contribution in [0.5, 0.6) is 0 Å². The molecular weight excluding hydrogens is 448 g/mol. The van der Waals surface area contributed by atoms with E-state index in [2.05, 4.69) is 15.5 Å². The molecule has 0 spiro atoms. The van der Waals surface area contributed by atoms with E-state index in [9.17, 15) is 13.2 Å². The summed E-state index contributed by atoms with van der Waals surface area (Å²) >= 11 is 1.32. The SMILES string of the molecule is CCc1nc(-c2cc(S(=O)(=O)N3CCC[C@H](C(=O)Nc4cccc(C)c4)C3)c(C)s2)no1. The van der Waals surface area contributed by atoms with Crippen LogP contribution in [0.2, 0.25) is 0 Å². The normalized spacial score (nSPS) is 17.4. The number of aryl methyl sites for hydroxylation is 3. The molecule has 0 bridgehead atoms. The van der Waals surface area contributed by atoms with Crippen LogP contribution in [0.15, 0.2) is 39.8 Å². The second-order valence-corrected chi connectivity index (χ2v) is 11.1. The summed E-state index contributed by atoms with van der Waals surface area (Å²) in [6, 6.07) is 9.18. The molecule has 1 aliphatic rings. The molecule has 0 unspecified atom stereocenters. The highest BCUT2D eigenvalue weighted by molar-refractivity contribution is 7.89. The van der Waals surface area contributed by atoms with Gasteiger partial charge in [0, 0.05) is 30.1 Å². The van der Waals surface area contributed by atoms with E-state index >= 15 is 0 Å². The first kappa shape index (κ1) is 22.6. The zero-order valence-electron chi connectivity index (χ0n) is 18.3. The lowest BCUT2D eigenvalue weighted by Gasteiger charge is -2.31. The molecule has 3 aromatic rings. The van der Waals surface area contributed by atoms with Gasteiger partial charge < -0.3 is 9.84 Å². The molecule has 1 atom stereocenters. The average molecular weight is 475 g/mol. The number of piperidine rings is 1. The Morgan fingerprint density at radius 2 is 2.12 bits per heavy atom. The van der Waals surface area contributed by atoms with Gasteiger partial charge in [-0.15, -0.1) is 11.3 Å². The molecule has 32 heavy (non-hydrogen) atoms. The van der Waals surface area contributed by atoms with E-state index in [-0.39, 0.29) is 17.3 Å². The van der Waals surface area contributed by atoms with Crippen LogP contribution in [-0.2, 0) is 21.2 Å². The Hall–Kier alpha value is -2.56. The van der Waals surface area contributed by atoms with Gasteiger partial charge in [-0.3, -0.25) is 4.79 Å². The molecule has 1 saturated heterocycles. The number of thiophene rings is 1. The summed E-state index contributed by atoms with van der Waals surface area (Å²) in [5.74, 6) is 0.346. The van der Waals surface area contributed by atoms with E-state index in [0.29, 0.717) is 47.3 Å². The Kier molecular flexibility index (Phi) is 6.45. The lowest BCUT2D eigenvalue weighted by Crippen LogP contribution is -2.43. The van der Waals surface area contributed by atoms with Gasteiger partial charge in [0.2, 0.25) is 27.6 Å². The highest BCUT2D eigenvalue weighted by Crippen LogP contribution is 2.35. The minimum absolute atomic E-state index is 0.155. The van der Waals surface area contributed by atoms with Crippen LogP contribution in [0.1, 0.15) is 36.1 Å².